The number of urea groups is 1. The van der Waals surface area contributed by atoms with E-state index in [1.807, 2.05) is 62.1 Å². The molecule has 8 nitrogen and oxygen atoms in total. The number of carbonyl (C=O) groups is 2. The van der Waals surface area contributed by atoms with Gasteiger partial charge in [0.2, 0.25) is 0 Å². The molecule has 8 heteroatoms. The smallest absolute Gasteiger partial charge is 0.410 e. The SMILES string of the molecule is CC1=CC2=C(N3CCN(C(=O)OC(C)(C)C)CC3)NC(=O)N(c3ccccc3C(C)C)C2=CN1Cc1ccccc1. The van der Waals surface area contributed by atoms with Crippen LogP contribution in [0.15, 0.2) is 89.7 Å². The molecular formula is C33H41N5O3. The highest BCUT2D eigenvalue weighted by molar-refractivity contribution is 6.00. The van der Waals surface area contributed by atoms with E-state index >= 15 is 0 Å². The molecule has 41 heavy (non-hydrogen) atoms. The van der Waals surface area contributed by atoms with Crippen LogP contribution in [0.3, 0.4) is 0 Å². The Balaban J connectivity index is 1.51. The Morgan fingerprint density at radius 1 is 0.976 bits per heavy atom. The molecule has 216 valence electrons. The van der Waals surface area contributed by atoms with Gasteiger partial charge < -0.3 is 19.4 Å². The molecule has 1 N–H and O–H groups in total. The van der Waals surface area contributed by atoms with Crippen molar-refractivity contribution >= 4 is 17.8 Å². The van der Waals surface area contributed by atoms with Gasteiger partial charge in [-0.05, 0) is 56.9 Å². The van der Waals surface area contributed by atoms with Gasteiger partial charge in [0.05, 0.1) is 11.4 Å². The third kappa shape index (κ3) is 6.11. The summed E-state index contributed by atoms with van der Waals surface area (Å²) in [7, 11) is 0. The van der Waals surface area contributed by atoms with Gasteiger partial charge in [-0.25, -0.2) is 9.59 Å². The van der Waals surface area contributed by atoms with Crippen molar-refractivity contribution in [1.29, 1.82) is 0 Å². The van der Waals surface area contributed by atoms with Crippen molar-refractivity contribution in [3.05, 3.63) is 101 Å². The molecule has 0 bridgehead atoms. The number of carbonyl (C=O) groups excluding carboxylic acids is 2. The summed E-state index contributed by atoms with van der Waals surface area (Å²) in [5, 5.41) is 3.22. The standard InChI is InChI=1S/C33H41N5O3/c1-23(2)26-14-10-11-15-28(26)38-29-22-37(21-25-12-8-7-9-13-25)24(3)20-27(29)30(34-31(38)39)35-16-18-36(19-17-35)32(40)41-33(4,5)6/h7-15,20,22-23H,16-19,21H2,1-6H3,(H,34,39). The molecule has 1 fully saturated rings. The molecule has 2 aromatic carbocycles. The second kappa shape index (κ2) is 11.4. The van der Waals surface area contributed by atoms with E-state index in [-0.39, 0.29) is 18.0 Å². The van der Waals surface area contributed by atoms with Crippen LogP contribution in [0, 0.1) is 0 Å². The highest BCUT2D eigenvalue weighted by atomic mass is 16.6. The number of para-hydroxylation sites is 1. The van der Waals surface area contributed by atoms with Crippen LogP contribution in [0.1, 0.15) is 58.6 Å². The lowest BCUT2D eigenvalue weighted by atomic mass is 9.97. The molecule has 0 saturated carbocycles. The number of fused-ring (bicyclic) bond motifs is 1. The van der Waals surface area contributed by atoms with Crippen molar-refractivity contribution in [3.8, 4) is 0 Å². The van der Waals surface area contributed by atoms with Crippen molar-refractivity contribution in [3.63, 3.8) is 0 Å². The van der Waals surface area contributed by atoms with Crippen molar-refractivity contribution in [1.82, 2.24) is 20.0 Å². The van der Waals surface area contributed by atoms with E-state index in [9.17, 15) is 9.59 Å². The van der Waals surface area contributed by atoms with Gasteiger partial charge in [0, 0.05) is 50.2 Å². The van der Waals surface area contributed by atoms with Gasteiger partial charge in [0.1, 0.15) is 11.4 Å². The lowest BCUT2D eigenvalue weighted by Crippen LogP contribution is -2.55. The van der Waals surface area contributed by atoms with Gasteiger partial charge in [-0.3, -0.25) is 10.2 Å². The molecule has 0 spiro atoms. The molecule has 0 radical (unpaired) electrons. The zero-order valence-corrected chi connectivity index (χ0v) is 25.0. The second-order valence-electron chi connectivity index (χ2n) is 12.1. The number of anilines is 1. The number of benzene rings is 2. The Hall–Kier alpha value is -4.20. The van der Waals surface area contributed by atoms with Crippen molar-refractivity contribution < 1.29 is 14.3 Å². The first-order valence-electron chi connectivity index (χ1n) is 14.4. The lowest BCUT2D eigenvalue weighted by Gasteiger charge is -2.43. The number of hydrogen-bond acceptors (Lipinski definition) is 5. The molecule has 3 heterocycles. The number of nitrogens with zero attached hydrogens (tertiary/aromatic N) is 4. The molecule has 0 aromatic heterocycles. The third-order valence-electron chi connectivity index (χ3n) is 7.53. The average Bonchev–Trinajstić information content (AvgIpc) is 2.93. The molecule has 0 aliphatic carbocycles. The van der Waals surface area contributed by atoms with Gasteiger partial charge in [0.25, 0.3) is 0 Å². The zero-order chi connectivity index (χ0) is 29.3. The highest BCUT2D eigenvalue weighted by Gasteiger charge is 2.37. The third-order valence-corrected chi connectivity index (χ3v) is 7.53. The van der Waals surface area contributed by atoms with Crippen LogP contribution in [0.5, 0.6) is 0 Å². The summed E-state index contributed by atoms with van der Waals surface area (Å²) >= 11 is 0. The summed E-state index contributed by atoms with van der Waals surface area (Å²) in [5.41, 5.74) is 5.54. The van der Waals surface area contributed by atoms with Crippen LogP contribution in [0.4, 0.5) is 15.3 Å². The van der Waals surface area contributed by atoms with Crippen molar-refractivity contribution in [2.24, 2.45) is 0 Å². The normalized spacial score (nSPS) is 17.8. The van der Waals surface area contributed by atoms with Crippen LogP contribution in [0.25, 0.3) is 0 Å². The Labute approximate surface area is 243 Å². The second-order valence-corrected chi connectivity index (χ2v) is 12.1. The first-order chi connectivity index (χ1) is 19.5. The quantitative estimate of drug-likeness (QED) is 0.465. The fourth-order valence-corrected chi connectivity index (χ4v) is 5.44. The Morgan fingerprint density at radius 3 is 2.29 bits per heavy atom. The minimum atomic E-state index is -0.540. The molecule has 5 rings (SSSR count). The predicted octanol–water partition coefficient (Wildman–Crippen LogP) is 6.36. The van der Waals surface area contributed by atoms with Crippen molar-refractivity contribution in [2.45, 2.75) is 59.6 Å². The number of piperazine rings is 1. The Bertz CT molecular complexity index is 1400. The predicted molar refractivity (Wildman–Crippen MR) is 162 cm³/mol. The highest BCUT2D eigenvalue weighted by Crippen LogP contribution is 2.39. The molecule has 3 amide bonds. The topological polar surface area (TPSA) is 68.4 Å². The molecule has 2 aromatic rings. The molecule has 1 saturated heterocycles. The van der Waals surface area contributed by atoms with Gasteiger partial charge in [-0.1, -0.05) is 62.4 Å². The number of allylic oxidation sites excluding steroid dienone is 2. The molecular weight excluding hydrogens is 514 g/mol. The molecule has 0 unspecified atom stereocenters. The van der Waals surface area contributed by atoms with E-state index in [0.717, 1.165) is 34.0 Å². The van der Waals surface area contributed by atoms with E-state index in [2.05, 4.69) is 66.4 Å². The number of hydrogen-bond donors (Lipinski definition) is 1. The van der Waals surface area contributed by atoms with E-state index in [0.29, 0.717) is 32.7 Å². The largest absolute Gasteiger partial charge is 0.444 e. The summed E-state index contributed by atoms with van der Waals surface area (Å²) in [6.45, 7) is 14.9. The summed E-state index contributed by atoms with van der Waals surface area (Å²) in [6, 6.07) is 18.3. The maximum Gasteiger partial charge on any atom is 0.410 e. The summed E-state index contributed by atoms with van der Waals surface area (Å²) in [5.74, 6) is 1.03. The maximum absolute atomic E-state index is 13.9. The van der Waals surface area contributed by atoms with Crippen LogP contribution in [-0.4, -0.2) is 58.6 Å². The summed E-state index contributed by atoms with van der Waals surface area (Å²) < 4.78 is 5.58. The van der Waals surface area contributed by atoms with E-state index in [1.165, 1.54) is 5.56 Å². The van der Waals surface area contributed by atoms with Crippen molar-refractivity contribution in [2.75, 3.05) is 31.1 Å². The van der Waals surface area contributed by atoms with Crippen LogP contribution in [-0.2, 0) is 11.3 Å². The first kappa shape index (κ1) is 28.3. The summed E-state index contributed by atoms with van der Waals surface area (Å²) in [4.78, 5) is 34.5. The first-order valence-corrected chi connectivity index (χ1v) is 14.4. The Morgan fingerprint density at radius 2 is 1.63 bits per heavy atom. The number of rotatable bonds is 5. The molecule has 0 atom stereocenters. The monoisotopic (exact) mass is 555 g/mol. The van der Waals surface area contributed by atoms with E-state index in [1.54, 1.807) is 4.90 Å². The van der Waals surface area contributed by atoms with Gasteiger partial charge in [-0.2, -0.15) is 0 Å². The summed E-state index contributed by atoms with van der Waals surface area (Å²) in [6.07, 6.45) is 3.97. The van der Waals surface area contributed by atoms with Gasteiger partial charge in [-0.15, -0.1) is 0 Å². The van der Waals surface area contributed by atoms with Crippen LogP contribution in [0.2, 0.25) is 0 Å². The van der Waals surface area contributed by atoms with Gasteiger partial charge in [0.15, 0.2) is 0 Å². The van der Waals surface area contributed by atoms with E-state index in [4.69, 9.17) is 4.74 Å². The lowest BCUT2D eigenvalue weighted by molar-refractivity contribution is 0.0164. The van der Waals surface area contributed by atoms with Gasteiger partial charge >= 0.3 is 12.1 Å². The van der Waals surface area contributed by atoms with Crippen LogP contribution < -0.4 is 10.2 Å². The fraction of sp³-hybridized carbons (Fsp3) is 0.394. The number of nitrogens with one attached hydrogen (secondary N) is 1. The number of amides is 3. The molecule has 3 aliphatic rings. The average molecular weight is 556 g/mol. The zero-order valence-electron chi connectivity index (χ0n) is 25.0. The minimum absolute atomic E-state index is 0.190. The Kier molecular flexibility index (Phi) is 7.84. The van der Waals surface area contributed by atoms with E-state index < -0.39 is 5.60 Å². The number of ether oxygens (including phenoxy) is 1. The van der Waals surface area contributed by atoms with Crippen LogP contribution >= 0.6 is 0 Å². The minimum Gasteiger partial charge on any atom is -0.444 e. The maximum atomic E-state index is 13.9. The fourth-order valence-electron chi connectivity index (χ4n) is 5.44. The molecule has 3 aliphatic heterocycles.